The minimum Gasteiger partial charge on any atom is -0.449 e. The summed E-state index contributed by atoms with van der Waals surface area (Å²) in [5, 5.41) is 2.53. The van der Waals surface area contributed by atoms with Gasteiger partial charge in [0.05, 0.1) is 17.7 Å². The summed E-state index contributed by atoms with van der Waals surface area (Å²) in [5.41, 5.74) is -0.0531. The van der Waals surface area contributed by atoms with E-state index in [0.717, 1.165) is 12.5 Å². The maximum atomic E-state index is 12.3. The summed E-state index contributed by atoms with van der Waals surface area (Å²) in [6.07, 6.45) is -0.269. The first-order valence-electron chi connectivity index (χ1n) is 7.46. The van der Waals surface area contributed by atoms with Crippen LogP contribution in [-0.4, -0.2) is 51.6 Å². The largest absolute Gasteiger partial charge is 0.449 e. The van der Waals surface area contributed by atoms with Crippen molar-refractivity contribution in [2.24, 2.45) is 0 Å². The van der Waals surface area contributed by atoms with Crippen molar-refractivity contribution < 1.29 is 27.6 Å². The number of benzene rings is 1. The van der Waals surface area contributed by atoms with Gasteiger partial charge in [0, 0.05) is 13.6 Å². The molecule has 8 nitrogen and oxygen atoms in total. The van der Waals surface area contributed by atoms with Crippen molar-refractivity contribution in [3.63, 3.8) is 0 Å². The van der Waals surface area contributed by atoms with Gasteiger partial charge in [0.15, 0.2) is 6.10 Å². The molecule has 10 heteroatoms. The highest BCUT2D eigenvalue weighted by atomic mass is 35.5. The summed E-state index contributed by atoms with van der Waals surface area (Å²) < 4.78 is 30.3. The van der Waals surface area contributed by atoms with Gasteiger partial charge < -0.3 is 10.1 Å². The molecule has 0 aliphatic heterocycles. The molecule has 1 aromatic rings. The number of hydroxylamine groups is 1. The summed E-state index contributed by atoms with van der Waals surface area (Å²) in [5.74, 6) is -1.27. The lowest BCUT2D eigenvalue weighted by Gasteiger charge is -2.16. The third-order valence-corrected chi connectivity index (χ3v) is 5.40. The van der Waals surface area contributed by atoms with E-state index < -0.39 is 28.0 Å². The number of esters is 1. The van der Waals surface area contributed by atoms with Crippen LogP contribution in [0.4, 0.5) is 0 Å². The first-order valence-corrected chi connectivity index (χ1v) is 9.28. The van der Waals surface area contributed by atoms with Crippen molar-refractivity contribution in [3.8, 4) is 0 Å². The molecule has 0 bridgehead atoms. The van der Waals surface area contributed by atoms with E-state index in [1.807, 2.05) is 6.92 Å². The van der Waals surface area contributed by atoms with Crippen LogP contribution in [0.15, 0.2) is 23.1 Å². The van der Waals surface area contributed by atoms with Crippen LogP contribution < -0.4 is 5.32 Å². The van der Waals surface area contributed by atoms with E-state index in [4.69, 9.17) is 16.3 Å². The smallest absolute Gasteiger partial charge is 0.338 e. The van der Waals surface area contributed by atoms with Crippen LogP contribution in [0.3, 0.4) is 0 Å². The fraction of sp³-hybridized carbons (Fsp3) is 0.467. The van der Waals surface area contributed by atoms with Crippen molar-refractivity contribution >= 4 is 33.5 Å². The number of carbonyl (C=O) groups excluding carboxylic acids is 2. The van der Waals surface area contributed by atoms with Crippen LogP contribution in [-0.2, 0) is 24.4 Å². The molecule has 0 spiro atoms. The zero-order valence-electron chi connectivity index (χ0n) is 14.4. The molecule has 0 saturated carbocycles. The highest BCUT2D eigenvalue weighted by Gasteiger charge is 2.26. The second kappa shape index (κ2) is 9.14. The molecular formula is C15H21ClN2O6S. The SMILES string of the molecule is CCCNC(=O)[C@@H](C)OC(=O)c1ccc(Cl)c(S(=O)(=O)N(C)OC)c1. The molecule has 1 amide bonds. The molecule has 140 valence electrons. The topological polar surface area (TPSA) is 102 Å². The Kier molecular flexibility index (Phi) is 7.81. The van der Waals surface area contributed by atoms with Gasteiger partial charge in [-0.15, -0.1) is 0 Å². The molecule has 1 aromatic carbocycles. The standard InChI is InChI=1S/C15H21ClN2O6S/c1-5-8-17-14(19)10(2)24-15(20)11-6-7-12(16)13(9-11)25(21,22)18(3)23-4/h6-7,9-10H,5,8H2,1-4H3,(H,17,19)/t10-/m1/s1. The highest BCUT2D eigenvalue weighted by molar-refractivity contribution is 7.89. The van der Waals surface area contributed by atoms with Gasteiger partial charge in [-0.3, -0.25) is 9.63 Å². The molecule has 1 rings (SSSR count). The van der Waals surface area contributed by atoms with Crippen LogP contribution in [0, 0.1) is 0 Å². The molecule has 0 saturated heterocycles. The Hall–Kier alpha value is -1.68. The Morgan fingerprint density at radius 3 is 2.56 bits per heavy atom. The van der Waals surface area contributed by atoms with E-state index in [1.165, 1.54) is 33.2 Å². The number of carbonyl (C=O) groups is 2. The summed E-state index contributed by atoms with van der Waals surface area (Å²) in [7, 11) is -1.67. The quantitative estimate of drug-likeness (QED) is 0.532. The van der Waals surface area contributed by atoms with Crippen LogP contribution in [0.1, 0.15) is 30.6 Å². The molecule has 1 atom stereocenters. The lowest BCUT2D eigenvalue weighted by molar-refractivity contribution is -0.129. The Bertz CT molecular complexity index is 738. The van der Waals surface area contributed by atoms with E-state index in [9.17, 15) is 18.0 Å². The van der Waals surface area contributed by atoms with E-state index in [0.29, 0.717) is 11.0 Å². The molecule has 0 fully saturated rings. The molecular weight excluding hydrogens is 372 g/mol. The molecule has 1 N–H and O–H groups in total. The van der Waals surface area contributed by atoms with Gasteiger partial charge in [-0.1, -0.05) is 23.0 Å². The molecule has 0 unspecified atom stereocenters. The Morgan fingerprint density at radius 2 is 2.00 bits per heavy atom. The van der Waals surface area contributed by atoms with Gasteiger partial charge in [-0.25, -0.2) is 13.2 Å². The maximum absolute atomic E-state index is 12.3. The maximum Gasteiger partial charge on any atom is 0.338 e. The molecule has 0 radical (unpaired) electrons. The van der Waals surface area contributed by atoms with Gasteiger partial charge in [0.2, 0.25) is 0 Å². The first-order chi connectivity index (χ1) is 11.6. The number of hydrogen-bond acceptors (Lipinski definition) is 6. The molecule has 25 heavy (non-hydrogen) atoms. The minimum absolute atomic E-state index is 0.0531. The predicted molar refractivity (Wildman–Crippen MR) is 91.6 cm³/mol. The lowest BCUT2D eigenvalue weighted by atomic mass is 10.2. The van der Waals surface area contributed by atoms with Crippen LogP contribution in [0.5, 0.6) is 0 Å². The Balaban J connectivity index is 3.02. The number of nitrogens with zero attached hydrogens (tertiary/aromatic N) is 1. The number of nitrogens with one attached hydrogen (secondary N) is 1. The summed E-state index contributed by atoms with van der Waals surface area (Å²) >= 11 is 5.92. The number of amides is 1. The number of hydrogen-bond donors (Lipinski definition) is 1. The number of halogens is 1. The fourth-order valence-electron chi connectivity index (χ4n) is 1.74. The molecule has 0 aromatic heterocycles. The molecule has 0 aliphatic carbocycles. The average Bonchev–Trinajstić information content (AvgIpc) is 2.58. The van der Waals surface area contributed by atoms with Crippen molar-refractivity contribution in [2.75, 3.05) is 20.7 Å². The molecule has 0 heterocycles. The van der Waals surface area contributed by atoms with Crippen LogP contribution in [0.25, 0.3) is 0 Å². The van der Waals surface area contributed by atoms with E-state index in [2.05, 4.69) is 10.2 Å². The second-order valence-electron chi connectivity index (χ2n) is 5.08. The zero-order chi connectivity index (χ0) is 19.2. The van der Waals surface area contributed by atoms with Crippen molar-refractivity contribution in [2.45, 2.75) is 31.3 Å². The zero-order valence-corrected chi connectivity index (χ0v) is 16.0. The number of rotatable bonds is 8. The Labute approximate surface area is 152 Å². The number of ether oxygens (including phenoxy) is 1. The molecule has 0 aliphatic rings. The summed E-state index contributed by atoms with van der Waals surface area (Å²) in [6.45, 7) is 3.78. The average molecular weight is 393 g/mol. The van der Waals surface area contributed by atoms with Crippen LogP contribution in [0.2, 0.25) is 5.02 Å². The Morgan fingerprint density at radius 1 is 1.36 bits per heavy atom. The van der Waals surface area contributed by atoms with Gasteiger partial charge in [-0.05, 0) is 31.5 Å². The number of sulfonamides is 1. The van der Waals surface area contributed by atoms with E-state index in [1.54, 1.807) is 0 Å². The lowest BCUT2D eigenvalue weighted by Crippen LogP contribution is -2.36. The normalized spacial score (nSPS) is 12.7. The third-order valence-electron chi connectivity index (χ3n) is 3.24. The highest BCUT2D eigenvalue weighted by Crippen LogP contribution is 2.25. The monoisotopic (exact) mass is 392 g/mol. The van der Waals surface area contributed by atoms with Crippen molar-refractivity contribution in [3.05, 3.63) is 28.8 Å². The fourth-order valence-corrected chi connectivity index (χ4v) is 3.21. The first kappa shape index (κ1) is 21.4. The van der Waals surface area contributed by atoms with Crippen LogP contribution >= 0.6 is 11.6 Å². The summed E-state index contributed by atoms with van der Waals surface area (Å²) in [4.78, 5) is 28.3. The van der Waals surface area contributed by atoms with Crippen molar-refractivity contribution in [1.82, 2.24) is 9.79 Å². The van der Waals surface area contributed by atoms with Crippen molar-refractivity contribution in [1.29, 1.82) is 0 Å². The van der Waals surface area contributed by atoms with Gasteiger partial charge >= 0.3 is 5.97 Å². The second-order valence-corrected chi connectivity index (χ2v) is 7.39. The van der Waals surface area contributed by atoms with Gasteiger partial charge in [0.1, 0.15) is 4.90 Å². The van der Waals surface area contributed by atoms with Gasteiger partial charge in [-0.2, -0.15) is 0 Å². The summed E-state index contributed by atoms with van der Waals surface area (Å²) in [6, 6.07) is 3.65. The minimum atomic E-state index is -4.04. The predicted octanol–water partition coefficient (Wildman–Crippen LogP) is 1.59. The van der Waals surface area contributed by atoms with E-state index >= 15 is 0 Å². The third kappa shape index (κ3) is 5.40. The van der Waals surface area contributed by atoms with Gasteiger partial charge in [0.25, 0.3) is 15.9 Å². The van der Waals surface area contributed by atoms with E-state index in [-0.39, 0.29) is 15.5 Å².